The monoisotopic (exact) mass is 219 g/mol. The molecule has 0 aliphatic rings. The summed E-state index contributed by atoms with van der Waals surface area (Å²) >= 11 is 0. The van der Waals surface area contributed by atoms with Gasteiger partial charge in [-0.3, -0.25) is 0 Å². The van der Waals surface area contributed by atoms with Crippen molar-refractivity contribution in [3.63, 3.8) is 0 Å². The largest absolute Gasteiger partial charge is 0.396 e. The van der Waals surface area contributed by atoms with Crippen molar-refractivity contribution in [2.45, 2.75) is 39.2 Å². The van der Waals surface area contributed by atoms with Gasteiger partial charge in [0.25, 0.3) is 0 Å². The molecule has 0 aliphatic heterocycles. The van der Waals surface area contributed by atoms with E-state index in [4.69, 9.17) is 10.2 Å². The molecule has 0 saturated carbocycles. The molecular formula is C11H25NO3. The minimum absolute atomic E-state index is 0.113. The van der Waals surface area contributed by atoms with E-state index in [0.717, 1.165) is 12.8 Å². The van der Waals surface area contributed by atoms with Crippen LogP contribution in [0.15, 0.2) is 0 Å². The molecule has 4 N–H and O–H groups in total. The van der Waals surface area contributed by atoms with Gasteiger partial charge in [0.1, 0.15) is 0 Å². The highest BCUT2D eigenvalue weighted by atomic mass is 16.3. The van der Waals surface area contributed by atoms with E-state index in [1.807, 2.05) is 13.8 Å². The SMILES string of the molecule is CCC(CC)(CO)CNC(C)(CO)CO. The van der Waals surface area contributed by atoms with Crippen LogP contribution >= 0.6 is 0 Å². The van der Waals surface area contributed by atoms with Gasteiger partial charge in [0.05, 0.1) is 18.8 Å². The Bertz CT molecular complexity index is 157. The van der Waals surface area contributed by atoms with E-state index in [1.54, 1.807) is 6.92 Å². The lowest BCUT2D eigenvalue weighted by Crippen LogP contribution is -2.53. The fourth-order valence-electron chi connectivity index (χ4n) is 1.34. The van der Waals surface area contributed by atoms with Gasteiger partial charge < -0.3 is 20.6 Å². The first kappa shape index (κ1) is 14.8. The summed E-state index contributed by atoms with van der Waals surface area (Å²) in [6.07, 6.45) is 1.75. The second-order valence-electron chi connectivity index (χ2n) is 4.60. The van der Waals surface area contributed by atoms with Crippen LogP contribution in [0.4, 0.5) is 0 Å². The van der Waals surface area contributed by atoms with Crippen molar-refractivity contribution in [3.8, 4) is 0 Å². The van der Waals surface area contributed by atoms with E-state index in [-0.39, 0.29) is 25.2 Å². The molecule has 0 aromatic rings. The van der Waals surface area contributed by atoms with Crippen molar-refractivity contribution in [2.24, 2.45) is 5.41 Å². The van der Waals surface area contributed by atoms with E-state index in [9.17, 15) is 5.11 Å². The average Bonchev–Trinajstić information content (AvgIpc) is 2.31. The summed E-state index contributed by atoms with van der Waals surface area (Å²) in [5.41, 5.74) is -0.809. The van der Waals surface area contributed by atoms with Crippen molar-refractivity contribution in [2.75, 3.05) is 26.4 Å². The molecule has 0 spiro atoms. The zero-order valence-electron chi connectivity index (χ0n) is 10.1. The summed E-state index contributed by atoms with van der Waals surface area (Å²) in [5.74, 6) is 0. The number of nitrogens with one attached hydrogen (secondary N) is 1. The zero-order valence-corrected chi connectivity index (χ0v) is 10.1. The van der Waals surface area contributed by atoms with Crippen molar-refractivity contribution in [3.05, 3.63) is 0 Å². The average molecular weight is 219 g/mol. The summed E-state index contributed by atoms with van der Waals surface area (Å²) in [6, 6.07) is 0. The van der Waals surface area contributed by atoms with Gasteiger partial charge in [-0.05, 0) is 19.8 Å². The van der Waals surface area contributed by atoms with Crippen molar-refractivity contribution < 1.29 is 15.3 Å². The van der Waals surface area contributed by atoms with Crippen LogP contribution in [0.1, 0.15) is 33.6 Å². The third-order valence-corrected chi connectivity index (χ3v) is 3.42. The summed E-state index contributed by atoms with van der Waals surface area (Å²) in [4.78, 5) is 0. The van der Waals surface area contributed by atoms with Crippen LogP contribution in [0.3, 0.4) is 0 Å². The highest BCUT2D eigenvalue weighted by Gasteiger charge is 2.29. The lowest BCUT2D eigenvalue weighted by molar-refractivity contribution is 0.0648. The Kier molecular flexibility index (Phi) is 6.36. The van der Waals surface area contributed by atoms with Gasteiger partial charge in [-0.25, -0.2) is 0 Å². The maximum atomic E-state index is 9.35. The molecule has 0 fully saturated rings. The zero-order chi connectivity index (χ0) is 11.9. The van der Waals surface area contributed by atoms with Crippen LogP contribution in [-0.4, -0.2) is 47.2 Å². The lowest BCUT2D eigenvalue weighted by Gasteiger charge is -2.35. The molecule has 0 aromatic heterocycles. The second kappa shape index (κ2) is 6.43. The van der Waals surface area contributed by atoms with Gasteiger partial charge in [0.15, 0.2) is 0 Å². The Morgan fingerprint density at radius 2 is 1.40 bits per heavy atom. The molecule has 0 saturated heterocycles. The standard InChI is InChI=1S/C11H25NO3/c1-4-11(5-2,9-15)6-12-10(3,7-13)8-14/h12-15H,4-9H2,1-3H3. The molecule has 15 heavy (non-hydrogen) atoms. The maximum absolute atomic E-state index is 9.35. The number of aliphatic hydroxyl groups is 3. The van der Waals surface area contributed by atoms with Crippen LogP contribution in [0.2, 0.25) is 0 Å². The molecular weight excluding hydrogens is 194 g/mol. The highest BCUT2D eigenvalue weighted by molar-refractivity contribution is 4.86. The number of hydrogen-bond acceptors (Lipinski definition) is 4. The van der Waals surface area contributed by atoms with Crippen LogP contribution in [-0.2, 0) is 0 Å². The van der Waals surface area contributed by atoms with E-state index >= 15 is 0 Å². The molecule has 0 heterocycles. The molecule has 0 atom stereocenters. The Balaban J connectivity index is 4.32. The Hall–Kier alpha value is -0.160. The first-order valence-corrected chi connectivity index (χ1v) is 5.59. The van der Waals surface area contributed by atoms with Crippen LogP contribution in [0.5, 0.6) is 0 Å². The fourth-order valence-corrected chi connectivity index (χ4v) is 1.34. The molecule has 0 amide bonds. The van der Waals surface area contributed by atoms with Crippen molar-refractivity contribution >= 4 is 0 Å². The fraction of sp³-hybridized carbons (Fsp3) is 1.00. The first-order chi connectivity index (χ1) is 7.01. The van der Waals surface area contributed by atoms with E-state index in [2.05, 4.69) is 5.32 Å². The number of aliphatic hydroxyl groups excluding tert-OH is 3. The molecule has 0 rings (SSSR count). The highest BCUT2D eigenvalue weighted by Crippen LogP contribution is 2.25. The van der Waals surface area contributed by atoms with Gasteiger partial charge in [-0.2, -0.15) is 0 Å². The molecule has 4 heteroatoms. The minimum atomic E-state index is -0.662. The van der Waals surface area contributed by atoms with Gasteiger partial charge >= 0.3 is 0 Å². The lowest BCUT2D eigenvalue weighted by atomic mass is 9.82. The van der Waals surface area contributed by atoms with E-state index in [1.165, 1.54) is 0 Å². The molecule has 0 aromatic carbocycles. The first-order valence-electron chi connectivity index (χ1n) is 5.59. The third kappa shape index (κ3) is 4.07. The molecule has 0 aliphatic carbocycles. The second-order valence-corrected chi connectivity index (χ2v) is 4.60. The Morgan fingerprint density at radius 1 is 0.933 bits per heavy atom. The predicted octanol–water partition coefficient (Wildman–Crippen LogP) is 0.118. The Morgan fingerprint density at radius 3 is 1.67 bits per heavy atom. The predicted molar refractivity (Wildman–Crippen MR) is 60.7 cm³/mol. The minimum Gasteiger partial charge on any atom is -0.396 e. The molecule has 4 nitrogen and oxygen atoms in total. The summed E-state index contributed by atoms with van der Waals surface area (Å²) < 4.78 is 0. The van der Waals surface area contributed by atoms with Gasteiger partial charge in [0, 0.05) is 18.6 Å². The van der Waals surface area contributed by atoms with E-state index in [0.29, 0.717) is 6.54 Å². The van der Waals surface area contributed by atoms with Gasteiger partial charge in [-0.1, -0.05) is 13.8 Å². The van der Waals surface area contributed by atoms with Gasteiger partial charge in [0.2, 0.25) is 0 Å². The van der Waals surface area contributed by atoms with Gasteiger partial charge in [-0.15, -0.1) is 0 Å². The maximum Gasteiger partial charge on any atom is 0.0633 e. The van der Waals surface area contributed by atoms with E-state index < -0.39 is 5.54 Å². The van der Waals surface area contributed by atoms with Crippen molar-refractivity contribution in [1.82, 2.24) is 5.32 Å². The molecule has 92 valence electrons. The van der Waals surface area contributed by atoms with Crippen molar-refractivity contribution in [1.29, 1.82) is 0 Å². The molecule has 0 radical (unpaired) electrons. The van der Waals surface area contributed by atoms with Crippen LogP contribution in [0.25, 0.3) is 0 Å². The quantitative estimate of drug-likeness (QED) is 0.468. The van der Waals surface area contributed by atoms with Crippen LogP contribution in [0, 0.1) is 5.41 Å². The summed E-state index contributed by atoms with van der Waals surface area (Å²) in [6.45, 7) is 6.35. The van der Waals surface area contributed by atoms with Crippen LogP contribution < -0.4 is 5.32 Å². The number of rotatable bonds is 8. The third-order valence-electron chi connectivity index (χ3n) is 3.42. The number of hydrogen-bond donors (Lipinski definition) is 4. The Labute approximate surface area is 92.3 Å². The summed E-state index contributed by atoms with van der Waals surface area (Å²) in [5, 5.41) is 30.7. The summed E-state index contributed by atoms with van der Waals surface area (Å²) in [7, 11) is 0. The molecule has 0 unspecified atom stereocenters. The molecule has 0 bridgehead atoms. The normalized spacial score (nSPS) is 13.2. The smallest absolute Gasteiger partial charge is 0.0633 e. The topological polar surface area (TPSA) is 72.7 Å².